The molecule has 1 unspecified atom stereocenters. The van der Waals surface area contributed by atoms with Crippen molar-refractivity contribution in [1.82, 2.24) is 20.4 Å². The Morgan fingerprint density at radius 1 is 1.22 bits per heavy atom. The Morgan fingerprint density at radius 3 is 2.56 bits per heavy atom. The molecule has 0 amide bonds. The van der Waals surface area contributed by atoms with Gasteiger partial charge in [0.2, 0.25) is 0 Å². The number of aliphatic imine (C=N–C) groups is 1. The minimum absolute atomic E-state index is 0.525. The number of guanidine groups is 1. The topological polar surface area (TPSA) is 61.4 Å². The van der Waals surface area contributed by atoms with Crippen molar-refractivity contribution in [2.45, 2.75) is 45.2 Å². The highest BCUT2D eigenvalue weighted by molar-refractivity contribution is 5.79. The van der Waals surface area contributed by atoms with Gasteiger partial charge >= 0.3 is 0 Å². The molecule has 7 heteroatoms. The highest BCUT2D eigenvalue weighted by Crippen LogP contribution is 2.25. The predicted octanol–water partition coefficient (Wildman–Crippen LogP) is 1.01. The van der Waals surface area contributed by atoms with Gasteiger partial charge in [-0.2, -0.15) is 0 Å². The molecule has 2 rings (SSSR count). The van der Waals surface area contributed by atoms with Crippen LogP contribution in [0.15, 0.2) is 4.99 Å². The number of hydrogen-bond acceptors (Lipinski definition) is 5. The van der Waals surface area contributed by atoms with Crippen LogP contribution >= 0.6 is 0 Å². The molecule has 1 aliphatic carbocycles. The molecule has 2 aliphatic rings. The van der Waals surface area contributed by atoms with E-state index in [-0.39, 0.29) is 0 Å². The van der Waals surface area contributed by atoms with Gasteiger partial charge in [-0.1, -0.05) is 13.8 Å². The van der Waals surface area contributed by atoms with E-state index in [4.69, 9.17) is 9.47 Å². The van der Waals surface area contributed by atoms with Crippen LogP contribution in [0.5, 0.6) is 0 Å². The van der Waals surface area contributed by atoms with Crippen molar-refractivity contribution in [1.29, 1.82) is 0 Å². The van der Waals surface area contributed by atoms with Gasteiger partial charge in [0.1, 0.15) is 0 Å². The Balaban J connectivity index is 1.73. The van der Waals surface area contributed by atoms with E-state index in [0.717, 1.165) is 71.1 Å². The summed E-state index contributed by atoms with van der Waals surface area (Å²) in [5, 5.41) is 7.03. The molecule has 158 valence electrons. The Hall–Kier alpha value is -0.890. The Labute approximate surface area is 165 Å². The lowest BCUT2D eigenvalue weighted by atomic mass is 10.0. The summed E-state index contributed by atoms with van der Waals surface area (Å²) in [6.45, 7) is 13.0. The van der Waals surface area contributed by atoms with E-state index in [1.165, 1.54) is 19.3 Å². The van der Waals surface area contributed by atoms with Gasteiger partial charge in [-0.15, -0.1) is 0 Å². The fourth-order valence-electron chi connectivity index (χ4n) is 3.73. The largest absolute Gasteiger partial charge is 0.383 e. The zero-order valence-electron chi connectivity index (χ0n) is 17.9. The first-order valence-electron chi connectivity index (χ1n) is 10.6. The lowest BCUT2D eigenvalue weighted by Crippen LogP contribution is -2.51. The molecule has 1 saturated carbocycles. The highest BCUT2D eigenvalue weighted by Gasteiger charge is 2.28. The molecule has 2 fully saturated rings. The van der Waals surface area contributed by atoms with Crippen LogP contribution in [-0.2, 0) is 9.47 Å². The Bertz CT molecular complexity index is 423. The monoisotopic (exact) mass is 383 g/mol. The maximum absolute atomic E-state index is 5.52. The normalized spacial score (nSPS) is 20.3. The molecular formula is C20H41N5O2. The smallest absolute Gasteiger partial charge is 0.191 e. The van der Waals surface area contributed by atoms with E-state index in [9.17, 15) is 0 Å². The second-order valence-corrected chi connectivity index (χ2v) is 8.07. The van der Waals surface area contributed by atoms with Crippen LogP contribution in [0.3, 0.4) is 0 Å². The summed E-state index contributed by atoms with van der Waals surface area (Å²) in [6.07, 6.45) is 3.84. The molecule has 0 aromatic carbocycles. The van der Waals surface area contributed by atoms with Crippen LogP contribution in [0.2, 0.25) is 0 Å². The SMILES string of the molecule is CN=C(NCCN(CCOC)C1CC1)NCC(CC(C)C)N1CCOCC1. The van der Waals surface area contributed by atoms with Gasteiger partial charge in [0.25, 0.3) is 0 Å². The first-order valence-corrected chi connectivity index (χ1v) is 10.6. The standard InChI is InChI=1S/C20H41N5O2/c1-17(2)15-19(25-10-13-27-14-11-25)16-23-20(21-3)22-7-8-24(9-12-26-4)18-5-6-18/h17-19H,5-16H2,1-4H3,(H2,21,22,23). The van der Waals surface area contributed by atoms with E-state index < -0.39 is 0 Å². The van der Waals surface area contributed by atoms with E-state index in [2.05, 4.69) is 39.3 Å². The van der Waals surface area contributed by atoms with Crippen molar-refractivity contribution in [3.63, 3.8) is 0 Å². The van der Waals surface area contributed by atoms with Crippen LogP contribution in [0.1, 0.15) is 33.1 Å². The third-order valence-corrected chi connectivity index (χ3v) is 5.37. The van der Waals surface area contributed by atoms with Crippen LogP contribution in [0.25, 0.3) is 0 Å². The summed E-state index contributed by atoms with van der Waals surface area (Å²) in [5.74, 6) is 1.59. The average molecular weight is 384 g/mol. The molecule has 1 saturated heterocycles. The molecule has 7 nitrogen and oxygen atoms in total. The van der Waals surface area contributed by atoms with Crippen molar-refractivity contribution >= 4 is 5.96 Å². The number of nitrogens with zero attached hydrogens (tertiary/aromatic N) is 3. The fraction of sp³-hybridized carbons (Fsp3) is 0.950. The summed E-state index contributed by atoms with van der Waals surface area (Å²) >= 11 is 0. The molecule has 0 radical (unpaired) electrons. The number of hydrogen-bond donors (Lipinski definition) is 2. The van der Waals surface area contributed by atoms with Crippen molar-refractivity contribution in [2.24, 2.45) is 10.9 Å². The summed E-state index contributed by atoms with van der Waals surface area (Å²) in [6, 6.07) is 1.28. The van der Waals surface area contributed by atoms with Gasteiger partial charge in [-0.3, -0.25) is 14.8 Å². The quantitative estimate of drug-likeness (QED) is 0.387. The minimum Gasteiger partial charge on any atom is -0.383 e. The molecule has 1 atom stereocenters. The average Bonchev–Trinajstić information content (AvgIpc) is 3.51. The second kappa shape index (κ2) is 12.5. The Kier molecular flexibility index (Phi) is 10.4. The van der Waals surface area contributed by atoms with Crippen LogP contribution in [0.4, 0.5) is 0 Å². The van der Waals surface area contributed by atoms with Gasteiger partial charge in [0.15, 0.2) is 5.96 Å². The third kappa shape index (κ3) is 8.77. The van der Waals surface area contributed by atoms with Gasteiger partial charge in [-0.25, -0.2) is 0 Å². The van der Waals surface area contributed by atoms with E-state index in [0.29, 0.717) is 12.0 Å². The zero-order chi connectivity index (χ0) is 19.5. The predicted molar refractivity (Wildman–Crippen MR) is 111 cm³/mol. The van der Waals surface area contributed by atoms with Gasteiger partial charge in [0, 0.05) is 65.5 Å². The van der Waals surface area contributed by atoms with E-state index >= 15 is 0 Å². The molecule has 0 spiro atoms. The summed E-state index contributed by atoms with van der Waals surface area (Å²) < 4.78 is 10.8. The summed E-state index contributed by atoms with van der Waals surface area (Å²) in [4.78, 5) is 9.50. The lowest BCUT2D eigenvalue weighted by Gasteiger charge is -2.35. The van der Waals surface area contributed by atoms with Crippen LogP contribution < -0.4 is 10.6 Å². The maximum atomic E-state index is 5.52. The van der Waals surface area contributed by atoms with Crippen LogP contribution in [0, 0.1) is 5.92 Å². The summed E-state index contributed by atoms with van der Waals surface area (Å²) in [5.41, 5.74) is 0. The Morgan fingerprint density at radius 2 is 1.96 bits per heavy atom. The molecular weight excluding hydrogens is 342 g/mol. The maximum Gasteiger partial charge on any atom is 0.191 e. The molecule has 27 heavy (non-hydrogen) atoms. The van der Waals surface area contributed by atoms with Crippen molar-refractivity contribution in [2.75, 3.05) is 73.2 Å². The van der Waals surface area contributed by atoms with Crippen molar-refractivity contribution < 1.29 is 9.47 Å². The minimum atomic E-state index is 0.525. The molecule has 2 N–H and O–H groups in total. The van der Waals surface area contributed by atoms with Gasteiger partial charge in [-0.05, 0) is 25.2 Å². The number of methoxy groups -OCH3 is 1. The van der Waals surface area contributed by atoms with Crippen molar-refractivity contribution in [3.8, 4) is 0 Å². The molecule has 0 bridgehead atoms. The highest BCUT2D eigenvalue weighted by atomic mass is 16.5. The zero-order valence-corrected chi connectivity index (χ0v) is 17.9. The third-order valence-electron chi connectivity index (χ3n) is 5.37. The van der Waals surface area contributed by atoms with Crippen molar-refractivity contribution in [3.05, 3.63) is 0 Å². The second-order valence-electron chi connectivity index (χ2n) is 8.07. The van der Waals surface area contributed by atoms with Gasteiger partial charge < -0.3 is 20.1 Å². The van der Waals surface area contributed by atoms with E-state index in [1.54, 1.807) is 7.11 Å². The van der Waals surface area contributed by atoms with E-state index in [1.807, 2.05) is 7.05 Å². The molecule has 0 aromatic heterocycles. The first-order chi connectivity index (χ1) is 13.1. The summed E-state index contributed by atoms with van der Waals surface area (Å²) in [7, 11) is 3.63. The lowest BCUT2D eigenvalue weighted by molar-refractivity contribution is 0.0132. The molecule has 1 heterocycles. The molecule has 1 aliphatic heterocycles. The number of nitrogens with one attached hydrogen (secondary N) is 2. The number of morpholine rings is 1. The number of rotatable bonds is 12. The number of ether oxygens (including phenoxy) is 2. The van der Waals surface area contributed by atoms with Gasteiger partial charge in [0.05, 0.1) is 19.8 Å². The van der Waals surface area contributed by atoms with Crippen LogP contribution in [-0.4, -0.2) is 101 Å². The fourth-order valence-corrected chi connectivity index (χ4v) is 3.73. The first kappa shape index (κ1) is 22.4. The molecule has 0 aromatic rings.